The third-order valence-corrected chi connectivity index (χ3v) is 2.72. The number of hydrogen-bond acceptors (Lipinski definition) is 6. The number of pyridine rings is 2. The third-order valence-electron chi connectivity index (χ3n) is 2.72. The Morgan fingerprint density at radius 1 is 1.19 bits per heavy atom. The van der Waals surface area contributed by atoms with Crippen LogP contribution in [0.5, 0.6) is 5.88 Å². The van der Waals surface area contributed by atoms with Gasteiger partial charge in [0.2, 0.25) is 0 Å². The highest BCUT2D eigenvalue weighted by Gasteiger charge is 2.03. The Morgan fingerprint density at radius 3 is 2.71 bits per heavy atom. The summed E-state index contributed by atoms with van der Waals surface area (Å²) in [6.07, 6.45) is 3.84. The number of rotatable bonds is 6. The lowest BCUT2D eigenvalue weighted by atomic mass is 10.4. The van der Waals surface area contributed by atoms with Crippen molar-refractivity contribution in [3.63, 3.8) is 0 Å². The first-order valence-corrected chi connectivity index (χ1v) is 6.77. The van der Waals surface area contributed by atoms with Gasteiger partial charge in [-0.05, 0) is 24.6 Å². The monoisotopic (exact) mass is 287 g/mol. The summed E-state index contributed by atoms with van der Waals surface area (Å²) in [7, 11) is 0. The van der Waals surface area contributed by atoms with Crippen LogP contribution in [-0.4, -0.2) is 11.6 Å². The molecule has 2 heterocycles. The molecule has 0 atom stereocenters. The van der Waals surface area contributed by atoms with E-state index in [1.165, 1.54) is 0 Å². The summed E-state index contributed by atoms with van der Waals surface area (Å²) in [6, 6.07) is 6.92. The van der Waals surface area contributed by atoms with Gasteiger partial charge in [0.1, 0.15) is 17.2 Å². The summed E-state index contributed by atoms with van der Waals surface area (Å²) in [4.78, 5) is 6.93. The number of nitrogens with zero attached hydrogens (tertiary/aromatic N) is 3. The molecule has 0 saturated carbocycles. The van der Waals surface area contributed by atoms with Gasteiger partial charge in [0.05, 0.1) is 12.7 Å². The average molecular weight is 287 g/mol. The minimum Gasteiger partial charge on any atom is -0.444 e. The summed E-state index contributed by atoms with van der Waals surface area (Å²) in [5, 5.41) is 8.13. The molecule has 0 bridgehead atoms. The van der Waals surface area contributed by atoms with Crippen LogP contribution in [0.4, 0.5) is 23.0 Å². The number of ether oxygens (including phenoxy) is 1. The molecule has 0 aliphatic heterocycles. The highest BCUT2D eigenvalue weighted by Crippen LogP contribution is 2.23. The summed E-state index contributed by atoms with van der Waals surface area (Å²) in [5.41, 5.74) is 12.4. The zero-order chi connectivity index (χ0) is 15.1. The lowest BCUT2D eigenvalue weighted by molar-refractivity contribution is -0.393. The van der Waals surface area contributed by atoms with Crippen LogP contribution in [0, 0.1) is 0 Å². The molecular weight excluding hydrogens is 268 g/mol. The molecule has 0 amide bonds. The molecule has 110 valence electrons. The molecule has 2 aromatic rings. The van der Waals surface area contributed by atoms with Gasteiger partial charge >= 0.3 is 5.88 Å². The maximum atomic E-state index is 5.70. The summed E-state index contributed by atoms with van der Waals surface area (Å²) in [6.45, 7) is 2.82. The fraction of sp³-hybridized carbons (Fsp3) is 0.286. The van der Waals surface area contributed by atoms with Crippen molar-refractivity contribution >= 4 is 23.0 Å². The van der Waals surface area contributed by atoms with Crippen LogP contribution in [0.2, 0.25) is 0 Å². The van der Waals surface area contributed by atoms with Crippen molar-refractivity contribution in [3.8, 4) is 5.88 Å². The van der Waals surface area contributed by atoms with Crippen LogP contribution in [0.15, 0.2) is 40.7 Å². The number of nitrogen functional groups attached to an aromatic ring is 2. The number of H-pyrrole nitrogens is 1. The summed E-state index contributed by atoms with van der Waals surface area (Å²) >= 11 is 0. The molecule has 5 N–H and O–H groups in total. The van der Waals surface area contributed by atoms with Crippen molar-refractivity contribution in [2.24, 2.45) is 10.2 Å². The molecular formula is C14H19N6O+. The number of nitrogens with one attached hydrogen (secondary N) is 1. The van der Waals surface area contributed by atoms with E-state index in [2.05, 4.69) is 27.1 Å². The molecule has 0 aromatic carbocycles. The van der Waals surface area contributed by atoms with Gasteiger partial charge in [-0.15, -0.1) is 10.2 Å². The average Bonchev–Trinajstić information content (AvgIpc) is 2.48. The molecule has 0 fully saturated rings. The Hall–Kier alpha value is -2.70. The fourth-order valence-corrected chi connectivity index (χ4v) is 1.56. The van der Waals surface area contributed by atoms with Gasteiger partial charge in [-0.1, -0.05) is 13.3 Å². The van der Waals surface area contributed by atoms with E-state index in [4.69, 9.17) is 16.2 Å². The minimum atomic E-state index is 0.252. The molecule has 7 heteroatoms. The van der Waals surface area contributed by atoms with Gasteiger partial charge in [0.15, 0.2) is 12.0 Å². The van der Waals surface area contributed by atoms with Crippen LogP contribution in [0.1, 0.15) is 19.8 Å². The maximum absolute atomic E-state index is 5.70. The number of unbranched alkanes of at least 4 members (excludes halogenated alkanes) is 1. The number of anilines is 2. The molecule has 0 spiro atoms. The summed E-state index contributed by atoms with van der Waals surface area (Å²) < 4.78 is 5.52. The lowest BCUT2D eigenvalue weighted by Gasteiger charge is -1.99. The normalized spacial score (nSPS) is 10.9. The Bertz CT molecular complexity index is 611. The van der Waals surface area contributed by atoms with Crippen molar-refractivity contribution < 1.29 is 9.72 Å². The van der Waals surface area contributed by atoms with E-state index < -0.39 is 0 Å². The van der Waals surface area contributed by atoms with Gasteiger partial charge in [0.25, 0.3) is 0 Å². The van der Waals surface area contributed by atoms with Gasteiger partial charge in [-0.2, -0.15) is 4.98 Å². The molecule has 0 aliphatic carbocycles. The quantitative estimate of drug-likeness (QED) is 0.628. The van der Waals surface area contributed by atoms with Crippen molar-refractivity contribution in [1.29, 1.82) is 0 Å². The second-order valence-electron chi connectivity index (χ2n) is 4.45. The summed E-state index contributed by atoms with van der Waals surface area (Å²) in [5.74, 6) is 1.31. The van der Waals surface area contributed by atoms with Crippen LogP contribution in [0.3, 0.4) is 0 Å². The Labute approximate surface area is 123 Å². The number of hydrogen-bond donors (Lipinski definition) is 2. The van der Waals surface area contributed by atoms with E-state index in [0.29, 0.717) is 29.7 Å². The van der Waals surface area contributed by atoms with Gasteiger partial charge in [-0.25, -0.2) is 4.98 Å². The Balaban J connectivity index is 2.00. The first-order chi connectivity index (χ1) is 10.2. The topological polar surface area (TPSA) is 113 Å². The van der Waals surface area contributed by atoms with Crippen molar-refractivity contribution in [2.75, 3.05) is 18.1 Å². The van der Waals surface area contributed by atoms with Gasteiger partial charge in [0, 0.05) is 0 Å². The van der Waals surface area contributed by atoms with Crippen molar-refractivity contribution in [3.05, 3.63) is 30.5 Å². The third kappa shape index (κ3) is 4.41. The molecule has 21 heavy (non-hydrogen) atoms. The predicted octanol–water partition coefficient (Wildman–Crippen LogP) is 2.65. The Morgan fingerprint density at radius 2 is 2.05 bits per heavy atom. The standard InChI is InChI=1S/C14H18N6O/c1-2-3-8-21-13-7-4-10(9-17-13)19-20-11-5-6-12(15)18-14(11)16/h4-7,9H,2-3,8H2,1H3,(H4,15,16,18)/p+1. The molecule has 2 aromatic heterocycles. The maximum Gasteiger partial charge on any atom is 0.366 e. The number of aromatic nitrogens is 2. The zero-order valence-corrected chi connectivity index (χ0v) is 11.9. The zero-order valence-electron chi connectivity index (χ0n) is 11.9. The highest BCUT2D eigenvalue weighted by atomic mass is 16.5. The van der Waals surface area contributed by atoms with E-state index >= 15 is 0 Å². The van der Waals surface area contributed by atoms with Crippen molar-refractivity contribution in [1.82, 2.24) is 4.98 Å². The predicted molar refractivity (Wildman–Crippen MR) is 80.6 cm³/mol. The van der Waals surface area contributed by atoms with Gasteiger partial charge in [-0.3, -0.25) is 0 Å². The molecule has 7 nitrogen and oxygen atoms in total. The molecule has 0 unspecified atom stereocenters. The second-order valence-corrected chi connectivity index (χ2v) is 4.45. The number of nitrogens with two attached hydrogens (primary N) is 2. The molecule has 0 aliphatic rings. The largest absolute Gasteiger partial charge is 0.444 e. The van der Waals surface area contributed by atoms with Gasteiger partial charge < -0.3 is 16.2 Å². The van der Waals surface area contributed by atoms with Crippen LogP contribution in [0.25, 0.3) is 0 Å². The minimum absolute atomic E-state index is 0.252. The van der Waals surface area contributed by atoms with Crippen LogP contribution >= 0.6 is 0 Å². The smallest absolute Gasteiger partial charge is 0.366 e. The number of aromatic amines is 1. The molecule has 2 rings (SSSR count). The first-order valence-electron chi connectivity index (χ1n) is 6.77. The Kier molecular flexibility index (Phi) is 5.03. The first kappa shape index (κ1) is 14.7. The van der Waals surface area contributed by atoms with Crippen LogP contribution in [-0.2, 0) is 0 Å². The van der Waals surface area contributed by atoms with Crippen LogP contribution < -0.4 is 21.2 Å². The van der Waals surface area contributed by atoms with E-state index in [-0.39, 0.29) is 5.82 Å². The molecule has 0 saturated heterocycles. The second kappa shape index (κ2) is 7.18. The fourth-order valence-electron chi connectivity index (χ4n) is 1.56. The molecule has 0 radical (unpaired) electrons. The van der Waals surface area contributed by atoms with E-state index in [0.717, 1.165) is 12.8 Å². The van der Waals surface area contributed by atoms with E-state index in [9.17, 15) is 0 Å². The van der Waals surface area contributed by atoms with E-state index in [1.54, 1.807) is 18.3 Å². The SMILES string of the molecule is CCCCOc1ccc(N=Nc2ccc(N)nc2N)c[nH+]1. The lowest BCUT2D eigenvalue weighted by Crippen LogP contribution is -2.09. The van der Waals surface area contributed by atoms with E-state index in [1.807, 2.05) is 12.1 Å². The highest BCUT2D eigenvalue weighted by molar-refractivity contribution is 5.60. The van der Waals surface area contributed by atoms with Crippen molar-refractivity contribution in [2.45, 2.75) is 19.8 Å². The number of azo groups is 1.